The lowest BCUT2D eigenvalue weighted by Crippen LogP contribution is -2.30. The highest BCUT2D eigenvalue weighted by molar-refractivity contribution is 5.05. The molecule has 2 heterocycles. The molecule has 0 radical (unpaired) electrons. The van der Waals surface area contributed by atoms with Crippen molar-refractivity contribution >= 4 is 0 Å². The van der Waals surface area contributed by atoms with Crippen molar-refractivity contribution in [1.29, 1.82) is 0 Å². The van der Waals surface area contributed by atoms with Crippen molar-refractivity contribution < 1.29 is 4.52 Å². The van der Waals surface area contributed by atoms with E-state index < -0.39 is 0 Å². The highest BCUT2D eigenvalue weighted by Crippen LogP contribution is 2.41. The Hall–Kier alpha value is -0.900. The van der Waals surface area contributed by atoms with Crippen LogP contribution in [0.15, 0.2) is 4.52 Å². The van der Waals surface area contributed by atoms with E-state index in [9.17, 15) is 0 Å². The number of hydrogen-bond donors (Lipinski definition) is 1. The second kappa shape index (κ2) is 5.71. The second-order valence-corrected chi connectivity index (χ2v) is 7.38. The summed E-state index contributed by atoms with van der Waals surface area (Å²) in [5.41, 5.74) is 0. The third-order valence-electron chi connectivity index (χ3n) is 6.10. The van der Waals surface area contributed by atoms with Gasteiger partial charge in [-0.2, -0.15) is 4.98 Å². The first-order chi connectivity index (χ1) is 10.3. The van der Waals surface area contributed by atoms with Crippen molar-refractivity contribution in [2.75, 3.05) is 0 Å². The zero-order valence-corrected chi connectivity index (χ0v) is 13.1. The van der Waals surface area contributed by atoms with Crippen LogP contribution in [0.25, 0.3) is 0 Å². The molecule has 5 unspecified atom stereocenters. The van der Waals surface area contributed by atoms with Gasteiger partial charge >= 0.3 is 0 Å². The summed E-state index contributed by atoms with van der Waals surface area (Å²) in [5.74, 6) is 4.05. The van der Waals surface area contributed by atoms with Gasteiger partial charge in [0.2, 0.25) is 5.89 Å². The molecule has 5 atom stereocenters. The summed E-state index contributed by atoms with van der Waals surface area (Å²) in [5, 5.41) is 8.04. The van der Waals surface area contributed by atoms with Gasteiger partial charge in [-0.1, -0.05) is 31.3 Å². The minimum atomic E-state index is 0.308. The molecule has 2 saturated carbocycles. The van der Waals surface area contributed by atoms with E-state index in [1.807, 2.05) is 0 Å². The fourth-order valence-corrected chi connectivity index (χ4v) is 4.75. The van der Waals surface area contributed by atoms with E-state index in [0.29, 0.717) is 18.0 Å². The van der Waals surface area contributed by atoms with E-state index in [4.69, 9.17) is 9.51 Å². The monoisotopic (exact) mass is 289 g/mol. The first-order valence-corrected chi connectivity index (χ1v) is 8.93. The number of rotatable bonds is 3. The molecule has 0 amide bonds. The second-order valence-electron chi connectivity index (χ2n) is 7.38. The van der Waals surface area contributed by atoms with Crippen LogP contribution in [0.2, 0.25) is 0 Å². The SMILES string of the molecule is CCC1CCC(c2noc(C3CC4CCCCC4N3)n2)C1. The molecule has 116 valence electrons. The van der Waals surface area contributed by atoms with E-state index in [-0.39, 0.29) is 0 Å². The van der Waals surface area contributed by atoms with Gasteiger partial charge in [0.15, 0.2) is 5.82 Å². The molecule has 1 aromatic rings. The van der Waals surface area contributed by atoms with E-state index in [0.717, 1.165) is 23.6 Å². The third-order valence-corrected chi connectivity index (χ3v) is 6.10. The molecule has 4 nitrogen and oxygen atoms in total. The minimum Gasteiger partial charge on any atom is -0.338 e. The maximum absolute atomic E-state index is 5.61. The van der Waals surface area contributed by atoms with Crippen LogP contribution in [0.1, 0.15) is 88.4 Å². The predicted molar refractivity (Wildman–Crippen MR) is 80.9 cm³/mol. The van der Waals surface area contributed by atoms with Crippen molar-refractivity contribution in [3.05, 3.63) is 11.7 Å². The van der Waals surface area contributed by atoms with Crippen molar-refractivity contribution in [3.8, 4) is 0 Å². The smallest absolute Gasteiger partial charge is 0.243 e. The van der Waals surface area contributed by atoms with Crippen LogP contribution >= 0.6 is 0 Å². The molecule has 0 bridgehead atoms. The minimum absolute atomic E-state index is 0.308. The largest absolute Gasteiger partial charge is 0.338 e. The fourth-order valence-electron chi connectivity index (χ4n) is 4.75. The first-order valence-electron chi connectivity index (χ1n) is 8.93. The van der Waals surface area contributed by atoms with Gasteiger partial charge < -0.3 is 9.84 Å². The molecule has 3 aliphatic rings. The lowest BCUT2D eigenvalue weighted by Gasteiger charge is -2.24. The number of hydrogen-bond acceptors (Lipinski definition) is 4. The van der Waals surface area contributed by atoms with Gasteiger partial charge in [0.1, 0.15) is 0 Å². The van der Waals surface area contributed by atoms with Crippen LogP contribution in [0.3, 0.4) is 0 Å². The summed E-state index contributed by atoms with van der Waals surface area (Å²) in [4.78, 5) is 4.76. The molecule has 4 rings (SSSR count). The fraction of sp³-hybridized carbons (Fsp3) is 0.882. The van der Waals surface area contributed by atoms with E-state index in [1.54, 1.807) is 0 Å². The average molecular weight is 289 g/mol. The Bertz CT molecular complexity index is 472. The van der Waals surface area contributed by atoms with E-state index >= 15 is 0 Å². The van der Waals surface area contributed by atoms with Crippen molar-refractivity contribution in [2.24, 2.45) is 11.8 Å². The lowest BCUT2D eigenvalue weighted by molar-refractivity contribution is 0.323. The molecule has 2 aliphatic carbocycles. The summed E-state index contributed by atoms with van der Waals surface area (Å²) < 4.78 is 5.61. The van der Waals surface area contributed by atoms with Gasteiger partial charge in [-0.15, -0.1) is 0 Å². The third kappa shape index (κ3) is 2.63. The lowest BCUT2D eigenvalue weighted by atomic mass is 9.85. The molecular formula is C17H27N3O. The van der Waals surface area contributed by atoms with Crippen LogP contribution < -0.4 is 5.32 Å². The van der Waals surface area contributed by atoms with Crippen LogP contribution in [0.5, 0.6) is 0 Å². The Labute approximate surface area is 127 Å². The molecule has 3 fully saturated rings. The predicted octanol–water partition coefficient (Wildman–Crippen LogP) is 3.96. The van der Waals surface area contributed by atoms with Gasteiger partial charge in [-0.3, -0.25) is 0 Å². The van der Waals surface area contributed by atoms with Gasteiger partial charge in [-0.05, 0) is 50.4 Å². The highest BCUT2D eigenvalue weighted by atomic mass is 16.5. The van der Waals surface area contributed by atoms with Crippen molar-refractivity contribution in [3.63, 3.8) is 0 Å². The molecular weight excluding hydrogens is 262 g/mol. The zero-order valence-electron chi connectivity index (χ0n) is 13.1. The van der Waals surface area contributed by atoms with Crippen molar-refractivity contribution in [1.82, 2.24) is 15.5 Å². The van der Waals surface area contributed by atoms with Crippen molar-refractivity contribution in [2.45, 2.75) is 82.7 Å². The molecule has 0 spiro atoms. The van der Waals surface area contributed by atoms with Crippen LogP contribution in [-0.4, -0.2) is 16.2 Å². The first kappa shape index (κ1) is 13.7. The molecule has 21 heavy (non-hydrogen) atoms. The molecule has 1 aromatic heterocycles. The molecule has 1 saturated heterocycles. The van der Waals surface area contributed by atoms with Crippen LogP contribution in [-0.2, 0) is 0 Å². The van der Waals surface area contributed by atoms with Crippen LogP contribution in [0, 0.1) is 11.8 Å². The Balaban J connectivity index is 1.43. The van der Waals surface area contributed by atoms with Gasteiger partial charge in [0.05, 0.1) is 6.04 Å². The number of aromatic nitrogens is 2. The normalized spacial score (nSPS) is 39.6. The number of fused-ring (bicyclic) bond motifs is 1. The quantitative estimate of drug-likeness (QED) is 0.915. The Kier molecular flexibility index (Phi) is 3.74. The number of nitrogens with zero attached hydrogens (tertiary/aromatic N) is 2. The van der Waals surface area contributed by atoms with E-state index in [2.05, 4.69) is 17.4 Å². The summed E-state index contributed by atoms with van der Waals surface area (Å²) in [7, 11) is 0. The number of nitrogens with one attached hydrogen (secondary N) is 1. The molecule has 0 aromatic carbocycles. The highest BCUT2D eigenvalue weighted by Gasteiger charge is 2.38. The Morgan fingerprint density at radius 3 is 2.86 bits per heavy atom. The summed E-state index contributed by atoms with van der Waals surface area (Å²) in [6.45, 7) is 2.29. The summed E-state index contributed by atoms with van der Waals surface area (Å²) >= 11 is 0. The maximum Gasteiger partial charge on any atom is 0.243 e. The van der Waals surface area contributed by atoms with E-state index in [1.165, 1.54) is 57.8 Å². The average Bonchev–Trinajstić information content (AvgIpc) is 3.24. The maximum atomic E-state index is 5.61. The molecule has 1 aliphatic heterocycles. The standard InChI is InChI=1S/C17H27N3O/c1-2-11-7-8-13(9-11)16-19-17(21-20-16)15-10-12-5-3-4-6-14(12)18-15/h11-15,18H,2-10H2,1H3. The van der Waals surface area contributed by atoms with Gasteiger partial charge in [0.25, 0.3) is 0 Å². The molecule has 1 N–H and O–H groups in total. The summed E-state index contributed by atoms with van der Waals surface area (Å²) in [6, 6.07) is 0.998. The summed E-state index contributed by atoms with van der Waals surface area (Å²) in [6.07, 6.45) is 11.8. The Morgan fingerprint density at radius 1 is 1.14 bits per heavy atom. The Morgan fingerprint density at radius 2 is 2.05 bits per heavy atom. The topological polar surface area (TPSA) is 51.0 Å². The van der Waals surface area contributed by atoms with Crippen LogP contribution in [0.4, 0.5) is 0 Å². The molecule has 4 heteroatoms. The zero-order chi connectivity index (χ0) is 14.2. The van der Waals surface area contributed by atoms with Gasteiger partial charge in [0, 0.05) is 12.0 Å². The van der Waals surface area contributed by atoms with Gasteiger partial charge in [-0.25, -0.2) is 0 Å².